The number of hydrogen-bond donors (Lipinski definition) is 2. The van der Waals surface area contributed by atoms with E-state index in [9.17, 15) is 19.2 Å². The monoisotopic (exact) mass is 358 g/mol. The van der Waals surface area contributed by atoms with E-state index in [2.05, 4.69) is 0 Å². The van der Waals surface area contributed by atoms with Crippen LogP contribution in [0, 0.1) is 47.3 Å². The molecule has 0 aromatic rings. The fourth-order valence-electron chi connectivity index (χ4n) is 6.42. The molecule has 4 aliphatic carbocycles. The van der Waals surface area contributed by atoms with Crippen LogP contribution < -0.4 is 11.5 Å². The summed E-state index contributed by atoms with van der Waals surface area (Å²) in [5.74, 6) is -2.50. The Labute approximate surface area is 150 Å². The van der Waals surface area contributed by atoms with Crippen molar-refractivity contribution in [1.29, 1.82) is 0 Å². The molecule has 2 bridgehead atoms. The average Bonchev–Trinajstić information content (AvgIpc) is 2.97. The van der Waals surface area contributed by atoms with Crippen molar-refractivity contribution in [3.05, 3.63) is 12.2 Å². The van der Waals surface area contributed by atoms with Crippen molar-refractivity contribution < 1.29 is 19.2 Å². The van der Waals surface area contributed by atoms with Crippen molar-refractivity contribution in [3.63, 3.8) is 0 Å². The second-order valence-electron chi connectivity index (χ2n) is 8.03. The first-order valence-electron chi connectivity index (χ1n) is 9.31. The molecule has 4 fully saturated rings. The van der Waals surface area contributed by atoms with Crippen molar-refractivity contribution in [2.75, 3.05) is 26.2 Å². The predicted molar refractivity (Wildman–Crippen MR) is 88.6 cm³/mol. The number of nitrogens with two attached hydrogens (primary N) is 2. The zero-order chi connectivity index (χ0) is 18.3. The van der Waals surface area contributed by atoms with Gasteiger partial charge in [-0.1, -0.05) is 12.2 Å². The third kappa shape index (κ3) is 1.63. The van der Waals surface area contributed by atoms with Crippen LogP contribution in [-0.2, 0) is 19.2 Å². The van der Waals surface area contributed by atoms with Gasteiger partial charge in [-0.25, -0.2) is 0 Å². The SMILES string of the molecule is NCCN1C(=O)C2C3C=CC(C2C1=O)C1C2C(=O)N(CCN)C(=O)C2C31. The molecule has 2 saturated carbocycles. The number of hydrogen-bond acceptors (Lipinski definition) is 6. The Morgan fingerprint density at radius 2 is 1.00 bits per heavy atom. The molecule has 2 saturated heterocycles. The van der Waals surface area contributed by atoms with Gasteiger partial charge in [0.1, 0.15) is 0 Å². The Kier molecular flexibility index (Phi) is 3.25. The molecule has 0 aromatic carbocycles. The highest BCUT2D eigenvalue weighted by Crippen LogP contribution is 2.68. The summed E-state index contributed by atoms with van der Waals surface area (Å²) in [6, 6.07) is 0. The Bertz CT molecular complexity index is 708. The molecule has 138 valence electrons. The molecular formula is C18H22N4O4. The molecular weight excluding hydrogens is 336 g/mol. The molecule has 8 nitrogen and oxygen atoms in total. The van der Waals surface area contributed by atoms with E-state index in [1.54, 1.807) is 0 Å². The van der Waals surface area contributed by atoms with E-state index in [4.69, 9.17) is 11.5 Å². The third-order valence-corrected chi connectivity index (χ3v) is 7.23. The maximum Gasteiger partial charge on any atom is 0.233 e. The smallest absolute Gasteiger partial charge is 0.233 e. The van der Waals surface area contributed by atoms with Crippen LogP contribution in [0.3, 0.4) is 0 Å². The van der Waals surface area contributed by atoms with E-state index in [-0.39, 0.29) is 85.3 Å². The number of allylic oxidation sites excluding steroid dienone is 2. The lowest BCUT2D eigenvalue weighted by molar-refractivity contribution is -0.166. The standard InChI is InChI=1S/C18H22N4O4/c19-3-5-21-15(23)11-7-1-2-8(12(11)16(21)24)10-9(7)13-14(10)18(26)22(6-4-20)17(13)25/h1-2,7-14H,3-6,19-20H2. The number of fused-ring (bicyclic) bond motifs is 1. The highest BCUT2D eigenvalue weighted by atomic mass is 16.2. The van der Waals surface area contributed by atoms with E-state index in [1.165, 1.54) is 9.80 Å². The average molecular weight is 358 g/mol. The van der Waals surface area contributed by atoms with Crippen LogP contribution in [0.15, 0.2) is 12.2 Å². The first-order valence-corrected chi connectivity index (χ1v) is 9.31. The minimum atomic E-state index is -0.405. The van der Waals surface area contributed by atoms with Crippen molar-refractivity contribution in [1.82, 2.24) is 9.80 Å². The zero-order valence-corrected chi connectivity index (χ0v) is 14.3. The first kappa shape index (κ1) is 16.1. The second-order valence-corrected chi connectivity index (χ2v) is 8.03. The summed E-state index contributed by atoms with van der Waals surface area (Å²) >= 11 is 0. The molecule has 2 heterocycles. The van der Waals surface area contributed by atoms with Gasteiger partial charge in [-0.05, 0) is 23.7 Å². The molecule has 0 spiro atoms. The number of likely N-dealkylation sites (tertiary alicyclic amines) is 2. The Hall–Kier alpha value is -2.06. The summed E-state index contributed by atoms with van der Waals surface area (Å²) in [5.41, 5.74) is 11.1. The fourth-order valence-corrected chi connectivity index (χ4v) is 6.42. The maximum atomic E-state index is 12.8. The third-order valence-electron chi connectivity index (χ3n) is 7.23. The van der Waals surface area contributed by atoms with Crippen LogP contribution in [0.1, 0.15) is 0 Å². The molecule has 4 amide bonds. The molecule has 0 aromatic heterocycles. The second kappa shape index (κ2) is 5.23. The van der Waals surface area contributed by atoms with Gasteiger partial charge in [0.15, 0.2) is 0 Å². The van der Waals surface area contributed by atoms with Gasteiger partial charge in [0.25, 0.3) is 0 Å². The van der Waals surface area contributed by atoms with Gasteiger partial charge in [-0.2, -0.15) is 0 Å². The first-order chi connectivity index (χ1) is 12.5. The fraction of sp³-hybridized carbons (Fsp3) is 0.667. The Balaban J connectivity index is 1.51. The molecule has 2 aliphatic heterocycles. The molecule has 6 aliphatic rings. The molecule has 0 radical (unpaired) electrons. The highest BCUT2D eigenvalue weighted by Gasteiger charge is 2.74. The number of amides is 4. The normalized spacial score (nSPS) is 45.2. The zero-order valence-electron chi connectivity index (χ0n) is 14.3. The van der Waals surface area contributed by atoms with Gasteiger partial charge in [0.2, 0.25) is 23.6 Å². The quantitative estimate of drug-likeness (QED) is 0.449. The summed E-state index contributed by atoms with van der Waals surface area (Å²) in [6.45, 7) is 0.951. The number of carbonyl (C=O) groups excluding carboxylic acids is 4. The predicted octanol–water partition coefficient (Wildman–Crippen LogP) is -1.83. The van der Waals surface area contributed by atoms with E-state index < -0.39 is 11.8 Å². The summed E-state index contributed by atoms with van der Waals surface area (Å²) < 4.78 is 0. The van der Waals surface area contributed by atoms with E-state index in [1.807, 2.05) is 12.2 Å². The summed E-state index contributed by atoms with van der Waals surface area (Å²) in [7, 11) is 0. The lowest BCUT2D eigenvalue weighted by Gasteiger charge is -2.60. The van der Waals surface area contributed by atoms with E-state index in [0.717, 1.165) is 0 Å². The van der Waals surface area contributed by atoms with E-state index in [0.29, 0.717) is 0 Å². The molecule has 26 heavy (non-hydrogen) atoms. The number of nitrogens with zero attached hydrogens (tertiary/aromatic N) is 2. The lowest BCUT2D eigenvalue weighted by atomic mass is 9.40. The number of imide groups is 2. The molecule has 8 unspecified atom stereocenters. The Morgan fingerprint density at radius 3 is 1.35 bits per heavy atom. The van der Waals surface area contributed by atoms with Crippen LogP contribution in [0.2, 0.25) is 0 Å². The van der Waals surface area contributed by atoms with Gasteiger partial charge in [-0.3, -0.25) is 29.0 Å². The van der Waals surface area contributed by atoms with Crippen LogP contribution >= 0.6 is 0 Å². The number of rotatable bonds is 4. The maximum absolute atomic E-state index is 12.8. The highest BCUT2D eigenvalue weighted by molar-refractivity contribution is 6.09. The largest absolute Gasteiger partial charge is 0.329 e. The van der Waals surface area contributed by atoms with Crippen LogP contribution in [-0.4, -0.2) is 59.6 Å². The van der Waals surface area contributed by atoms with Crippen molar-refractivity contribution in [2.45, 2.75) is 0 Å². The van der Waals surface area contributed by atoms with Gasteiger partial charge >= 0.3 is 0 Å². The molecule has 8 heteroatoms. The van der Waals surface area contributed by atoms with Gasteiger partial charge in [-0.15, -0.1) is 0 Å². The Morgan fingerprint density at radius 1 is 0.654 bits per heavy atom. The summed E-state index contributed by atoms with van der Waals surface area (Å²) in [4.78, 5) is 53.8. The van der Waals surface area contributed by atoms with E-state index >= 15 is 0 Å². The molecule has 8 atom stereocenters. The van der Waals surface area contributed by atoms with Gasteiger partial charge in [0.05, 0.1) is 23.7 Å². The molecule has 6 rings (SSSR count). The van der Waals surface area contributed by atoms with Crippen LogP contribution in [0.25, 0.3) is 0 Å². The van der Waals surface area contributed by atoms with Crippen LogP contribution in [0.4, 0.5) is 0 Å². The number of carbonyl (C=O) groups is 4. The lowest BCUT2D eigenvalue weighted by Crippen LogP contribution is -2.63. The van der Waals surface area contributed by atoms with Crippen molar-refractivity contribution >= 4 is 23.6 Å². The minimum absolute atomic E-state index is 0.0231. The molecule has 4 N–H and O–H groups in total. The van der Waals surface area contributed by atoms with Crippen molar-refractivity contribution in [2.24, 2.45) is 58.8 Å². The van der Waals surface area contributed by atoms with Gasteiger partial charge < -0.3 is 11.5 Å². The summed E-state index contributed by atoms with van der Waals surface area (Å²) in [6.07, 6.45) is 4.01. The van der Waals surface area contributed by atoms with Crippen LogP contribution in [0.5, 0.6) is 0 Å². The summed E-state index contributed by atoms with van der Waals surface area (Å²) in [5, 5.41) is 0. The van der Waals surface area contributed by atoms with Crippen molar-refractivity contribution in [3.8, 4) is 0 Å². The topological polar surface area (TPSA) is 127 Å². The minimum Gasteiger partial charge on any atom is -0.329 e. The van der Waals surface area contributed by atoms with Gasteiger partial charge in [0, 0.05) is 26.2 Å².